The zero-order chi connectivity index (χ0) is 29.3. The number of fused-ring (bicyclic) bond motifs is 3. The number of para-hydroxylation sites is 1. The Hall–Kier alpha value is -4.29. The lowest BCUT2D eigenvalue weighted by molar-refractivity contribution is -0.152. The van der Waals surface area contributed by atoms with Crippen molar-refractivity contribution in [3.8, 4) is 23.3 Å². The Morgan fingerprint density at radius 1 is 0.976 bits per heavy atom. The lowest BCUT2D eigenvalue weighted by Crippen LogP contribution is -2.47. The molecule has 41 heavy (non-hydrogen) atoms. The number of esters is 1. The predicted molar refractivity (Wildman–Crippen MR) is 158 cm³/mol. The van der Waals surface area contributed by atoms with E-state index in [9.17, 15) is 14.9 Å². The lowest BCUT2D eigenvalue weighted by atomic mass is 9.68. The van der Waals surface area contributed by atoms with Gasteiger partial charge in [0.15, 0.2) is 22.7 Å². The van der Waals surface area contributed by atoms with Gasteiger partial charge in [0, 0.05) is 17.2 Å². The molecule has 0 saturated carbocycles. The summed E-state index contributed by atoms with van der Waals surface area (Å²) in [7, 11) is 4.59. The van der Waals surface area contributed by atoms with Crippen LogP contribution in [0.15, 0.2) is 71.2 Å². The first-order valence-corrected chi connectivity index (χ1v) is 13.9. The molecule has 2 aliphatic heterocycles. The molecular weight excluding hydrogens is 588 g/mol. The summed E-state index contributed by atoms with van der Waals surface area (Å²) < 4.78 is 22.6. The van der Waals surface area contributed by atoms with E-state index in [-0.39, 0.29) is 12.4 Å². The highest BCUT2D eigenvalue weighted by Gasteiger charge is 2.67. The number of carbonyl (C=O) groups is 2. The molecule has 210 valence electrons. The number of hydrogen-bond acceptors (Lipinski definition) is 8. The number of anilines is 1. The van der Waals surface area contributed by atoms with Crippen LogP contribution in [0.2, 0.25) is 0 Å². The van der Waals surface area contributed by atoms with Crippen molar-refractivity contribution in [2.24, 2.45) is 5.41 Å². The molecule has 0 N–H and O–H groups in total. The monoisotopic (exact) mass is 616 g/mol. The Labute approximate surface area is 247 Å². The second kappa shape index (κ2) is 11.3. The molecule has 4 atom stereocenters. The molecule has 0 aromatic heterocycles. The van der Waals surface area contributed by atoms with E-state index in [1.807, 2.05) is 41.3 Å². The van der Waals surface area contributed by atoms with Gasteiger partial charge < -0.3 is 23.8 Å². The molecule has 0 aliphatic carbocycles. The van der Waals surface area contributed by atoms with Crippen LogP contribution in [0.5, 0.6) is 17.2 Å². The molecule has 5 rings (SSSR count). The fraction of sp³-hybridized carbons (Fsp3) is 0.281. The van der Waals surface area contributed by atoms with E-state index in [1.165, 1.54) is 14.2 Å². The summed E-state index contributed by atoms with van der Waals surface area (Å²) in [5.41, 5.74) is 0.836. The van der Waals surface area contributed by atoms with Crippen LogP contribution in [0.4, 0.5) is 5.69 Å². The molecule has 8 nitrogen and oxygen atoms in total. The molecule has 3 aromatic carbocycles. The molecule has 3 aromatic rings. The van der Waals surface area contributed by atoms with Gasteiger partial charge in [-0.15, -0.1) is 0 Å². The highest BCUT2D eigenvalue weighted by molar-refractivity contribution is 9.10. The van der Waals surface area contributed by atoms with Gasteiger partial charge in [-0.2, -0.15) is 5.26 Å². The number of methoxy groups -OCH3 is 3. The topological polar surface area (TPSA) is 98.1 Å². The molecule has 0 unspecified atom stereocenters. The van der Waals surface area contributed by atoms with Crippen LogP contribution in [0.25, 0.3) is 6.08 Å². The predicted octanol–water partition coefficient (Wildman–Crippen LogP) is 5.80. The van der Waals surface area contributed by atoms with Crippen LogP contribution in [-0.2, 0) is 9.53 Å². The molecule has 0 radical (unpaired) electrons. The van der Waals surface area contributed by atoms with Crippen molar-refractivity contribution in [1.82, 2.24) is 0 Å². The summed E-state index contributed by atoms with van der Waals surface area (Å²) in [5.74, 6) is -0.401. The van der Waals surface area contributed by atoms with Gasteiger partial charge in [0.05, 0.1) is 44.5 Å². The van der Waals surface area contributed by atoms with Crippen LogP contribution in [-0.4, -0.2) is 51.8 Å². The van der Waals surface area contributed by atoms with Gasteiger partial charge in [-0.05, 0) is 70.4 Å². The molecular formula is C32H29BrN2O6. The normalized spacial score (nSPS) is 22.2. The first-order chi connectivity index (χ1) is 19.9. The standard InChI is InChI=1S/C32H29BrN2O6/c1-5-41-31(37)32(18-34)27-15-12-19-8-6-7-9-23(19)35(27)29(30(36)21-11-13-24(38-2)22(33)16-21)28(32)20-10-14-25(39-3)26(17-20)40-4/h6-17,27-29H,5H2,1-4H3/t27-,28-,29-,32-/m0/s1. The van der Waals surface area contributed by atoms with Gasteiger partial charge in [0.2, 0.25) is 0 Å². The van der Waals surface area contributed by atoms with Gasteiger partial charge in [-0.25, -0.2) is 0 Å². The first kappa shape index (κ1) is 28.2. The van der Waals surface area contributed by atoms with Crippen LogP contribution in [0, 0.1) is 16.7 Å². The van der Waals surface area contributed by atoms with Crippen LogP contribution in [0.1, 0.15) is 34.3 Å². The molecule has 0 bridgehead atoms. The van der Waals surface area contributed by atoms with Crippen molar-refractivity contribution >= 4 is 39.4 Å². The van der Waals surface area contributed by atoms with E-state index in [2.05, 4.69) is 22.0 Å². The third-order valence-electron chi connectivity index (χ3n) is 7.82. The molecule has 2 aliphatic rings. The van der Waals surface area contributed by atoms with E-state index in [1.54, 1.807) is 50.4 Å². The maximum atomic E-state index is 14.7. The van der Waals surface area contributed by atoms with Gasteiger partial charge >= 0.3 is 5.97 Å². The minimum absolute atomic E-state index is 0.0813. The quantitative estimate of drug-likeness (QED) is 0.231. The fourth-order valence-corrected chi connectivity index (χ4v) is 6.57. The summed E-state index contributed by atoms with van der Waals surface area (Å²) in [6.07, 6.45) is 3.72. The van der Waals surface area contributed by atoms with Crippen LogP contribution < -0.4 is 19.1 Å². The minimum atomic E-state index is -1.76. The lowest BCUT2D eigenvalue weighted by Gasteiger charge is -2.36. The number of rotatable bonds is 8. The zero-order valence-electron chi connectivity index (χ0n) is 23.1. The van der Waals surface area contributed by atoms with Gasteiger partial charge in [-0.1, -0.05) is 36.4 Å². The Morgan fingerprint density at radius 2 is 1.68 bits per heavy atom. The van der Waals surface area contributed by atoms with Gasteiger partial charge in [0.1, 0.15) is 11.8 Å². The van der Waals surface area contributed by atoms with E-state index in [4.69, 9.17) is 18.9 Å². The number of Topliss-reactive ketones (excluding diaryl/α,β-unsaturated/α-hetero) is 1. The van der Waals surface area contributed by atoms with Crippen molar-refractivity contribution in [2.45, 2.75) is 24.9 Å². The number of hydrogen-bond donors (Lipinski definition) is 0. The Kier molecular flexibility index (Phi) is 7.78. The molecule has 1 fully saturated rings. The second-order valence-corrected chi connectivity index (χ2v) is 10.6. The maximum Gasteiger partial charge on any atom is 0.329 e. The minimum Gasteiger partial charge on any atom is -0.496 e. The van der Waals surface area contributed by atoms with Crippen molar-refractivity contribution in [2.75, 3.05) is 32.8 Å². The third kappa shape index (κ3) is 4.43. The number of ketones is 1. The maximum absolute atomic E-state index is 14.7. The molecule has 1 saturated heterocycles. The third-order valence-corrected chi connectivity index (χ3v) is 8.43. The van der Waals surface area contributed by atoms with Crippen LogP contribution >= 0.6 is 15.9 Å². The van der Waals surface area contributed by atoms with Crippen molar-refractivity contribution in [3.05, 3.63) is 87.9 Å². The fourth-order valence-electron chi connectivity index (χ4n) is 6.03. The highest BCUT2D eigenvalue weighted by atomic mass is 79.9. The number of carbonyl (C=O) groups excluding carboxylic acids is 2. The van der Waals surface area contributed by atoms with Crippen molar-refractivity contribution in [3.63, 3.8) is 0 Å². The largest absolute Gasteiger partial charge is 0.496 e. The SMILES string of the molecule is CCOC(=O)[C@@]1(C#N)[C@@H]2C=Cc3ccccc3N2[C@H](C(=O)c2ccc(OC)c(Br)c2)[C@@H]1c1ccc(OC)c(OC)c1. The molecule has 0 amide bonds. The van der Waals surface area contributed by atoms with E-state index in [0.717, 1.165) is 11.3 Å². The zero-order valence-corrected chi connectivity index (χ0v) is 24.7. The van der Waals surface area contributed by atoms with Gasteiger partial charge in [-0.3, -0.25) is 9.59 Å². The van der Waals surface area contributed by atoms with Gasteiger partial charge in [0.25, 0.3) is 0 Å². The summed E-state index contributed by atoms with van der Waals surface area (Å²) in [6, 6.07) is 18.6. The summed E-state index contributed by atoms with van der Waals surface area (Å²) in [5, 5.41) is 10.9. The Bertz CT molecular complexity index is 1580. The molecule has 2 heterocycles. The van der Waals surface area contributed by atoms with Crippen molar-refractivity contribution < 1.29 is 28.5 Å². The Morgan fingerprint density at radius 3 is 2.34 bits per heavy atom. The number of benzene rings is 3. The number of nitriles is 1. The number of nitrogens with zero attached hydrogens (tertiary/aromatic N) is 2. The number of ether oxygens (including phenoxy) is 4. The van der Waals surface area contributed by atoms with E-state index < -0.39 is 29.4 Å². The summed E-state index contributed by atoms with van der Waals surface area (Å²) in [6.45, 7) is 1.78. The Balaban J connectivity index is 1.82. The average molecular weight is 617 g/mol. The first-order valence-electron chi connectivity index (χ1n) is 13.1. The molecule has 9 heteroatoms. The van der Waals surface area contributed by atoms with E-state index in [0.29, 0.717) is 32.8 Å². The van der Waals surface area contributed by atoms with Crippen molar-refractivity contribution in [1.29, 1.82) is 5.26 Å². The average Bonchev–Trinajstić information content (AvgIpc) is 3.32. The summed E-state index contributed by atoms with van der Waals surface area (Å²) in [4.78, 5) is 30.5. The molecule has 0 spiro atoms. The van der Waals surface area contributed by atoms with Crippen LogP contribution in [0.3, 0.4) is 0 Å². The number of halogens is 1. The highest BCUT2D eigenvalue weighted by Crippen LogP contribution is 2.57. The smallest absolute Gasteiger partial charge is 0.329 e. The summed E-state index contributed by atoms with van der Waals surface area (Å²) >= 11 is 3.49. The second-order valence-electron chi connectivity index (χ2n) is 9.72. The van der Waals surface area contributed by atoms with E-state index >= 15 is 0 Å².